The number of carbonyl (C=O) groups is 1. The molecule has 0 unspecified atom stereocenters. The topological polar surface area (TPSA) is 81.2 Å². The summed E-state index contributed by atoms with van der Waals surface area (Å²) in [4.78, 5) is 12.3. The molecule has 9 heteroatoms. The summed E-state index contributed by atoms with van der Waals surface area (Å²) < 4.78 is 10.8. The van der Waals surface area contributed by atoms with Crippen molar-refractivity contribution in [3.05, 3.63) is 46.3 Å². The van der Waals surface area contributed by atoms with Gasteiger partial charge in [-0.3, -0.25) is 4.79 Å². The lowest BCUT2D eigenvalue weighted by Gasteiger charge is -2.10. The van der Waals surface area contributed by atoms with Crippen LogP contribution in [-0.4, -0.2) is 21.4 Å². The van der Waals surface area contributed by atoms with Crippen LogP contribution in [-0.2, 0) is 4.79 Å². The maximum Gasteiger partial charge on any atom is 0.277 e. The molecule has 6 nitrogen and oxygen atoms in total. The van der Waals surface area contributed by atoms with Gasteiger partial charge in [-0.2, -0.15) is 0 Å². The molecule has 2 aromatic heterocycles. The van der Waals surface area contributed by atoms with Crippen LogP contribution < -0.4 is 5.32 Å². The van der Waals surface area contributed by atoms with E-state index in [-0.39, 0.29) is 5.91 Å². The smallest absolute Gasteiger partial charge is 0.277 e. The Labute approximate surface area is 157 Å². The number of furan rings is 1. The molecular formula is C16H13Cl2N3O3S. The molecule has 3 aromatic rings. The van der Waals surface area contributed by atoms with E-state index in [0.29, 0.717) is 32.6 Å². The molecule has 0 radical (unpaired) electrons. The van der Waals surface area contributed by atoms with Crippen molar-refractivity contribution in [1.82, 2.24) is 10.2 Å². The van der Waals surface area contributed by atoms with E-state index in [0.717, 1.165) is 17.3 Å². The quantitative estimate of drug-likeness (QED) is 0.605. The Morgan fingerprint density at radius 2 is 1.96 bits per heavy atom. The van der Waals surface area contributed by atoms with Gasteiger partial charge in [0.1, 0.15) is 5.76 Å². The van der Waals surface area contributed by atoms with Gasteiger partial charge in [-0.25, -0.2) is 0 Å². The van der Waals surface area contributed by atoms with E-state index in [2.05, 4.69) is 15.5 Å². The number of hydrogen-bond donors (Lipinski definition) is 1. The molecule has 0 aliphatic carbocycles. The number of aryl methyl sites for hydroxylation is 1. The maximum atomic E-state index is 12.3. The van der Waals surface area contributed by atoms with E-state index in [4.69, 9.17) is 32.0 Å². The third-order valence-corrected chi connectivity index (χ3v) is 4.64. The zero-order valence-corrected chi connectivity index (χ0v) is 15.6. The average Bonchev–Trinajstić information content (AvgIpc) is 3.14. The lowest BCUT2D eigenvalue weighted by Crippen LogP contribution is -2.22. The molecule has 0 spiro atoms. The van der Waals surface area contributed by atoms with Crippen molar-refractivity contribution in [1.29, 1.82) is 0 Å². The van der Waals surface area contributed by atoms with Gasteiger partial charge in [-0.05, 0) is 38.1 Å². The van der Waals surface area contributed by atoms with Gasteiger partial charge in [0.2, 0.25) is 5.91 Å². The summed E-state index contributed by atoms with van der Waals surface area (Å²) in [7, 11) is 0. The zero-order chi connectivity index (χ0) is 18.0. The van der Waals surface area contributed by atoms with Crippen molar-refractivity contribution in [2.24, 2.45) is 0 Å². The van der Waals surface area contributed by atoms with Gasteiger partial charge < -0.3 is 14.2 Å². The third kappa shape index (κ3) is 4.36. The monoisotopic (exact) mass is 397 g/mol. The molecule has 130 valence electrons. The van der Waals surface area contributed by atoms with E-state index in [1.165, 1.54) is 0 Å². The molecule has 0 aliphatic heterocycles. The summed E-state index contributed by atoms with van der Waals surface area (Å²) in [6, 6.07) is 6.58. The molecule has 2 heterocycles. The maximum absolute atomic E-state index is 12.3. The van der Waals surface area contributed by atoms with E-state index < -0.39 is 5.25 Å². The molecule has 0 aliphatic rings. The number of nitrogens with zero attached hydrogens (tertiary/aromatic N) is 2. The fourth-order valence-corrected chi connectivity index (χ4v) is 3.26. The van der Waals surface area contributed by atoms with Gasteiger partial charge in [-0.15, -0.1) is 10.2 Å². The first-order chi connectivity index (χ1) is 11.9. The van der Waals surface area contributed by atoms with Crippen LogP contribution in [0.25, 0.3) is 11.5 Å². The second-order valence-electron chi connectivity index (χ2n) is 5.17. The predicted octanol–water partition coefficient (Wildman–Crippen LogP) is 5.06. The Morgan fingerprint density at radius 1 is 1.24 bits per heavy atom. The van der Waals surface area contributed by atoms with Gasteiger partial charge in [0, 0.05) is 15.7 Å². The minimum atomic E-state index is -0.462. The van der Waals surface area contributed by atoms with Crippen molar-refractivity contribution in [2.75, 3.05) is 5.32 Å². The number of halogens is 2. The van der Waals surface area contributed by atoms with Crippen molar-refractivity contribution < 1.29 is 13.6 Å². The van der Waals surface area contributed by atoms with Crippen molar-refractivity contribution >= 4 is 46.6 Å². The Bertz CT molecular complexity index is 889. The molecule has 0 bridgehead atoms. The molecule has 3 rings (SSSR count). The first kappa shape index (κ1) is 17.8. The number of benzene rings is 1. The van der Waals surface area contributed by atoms with E-state index in [9.17, 15) is 4.79 Å². The molecule has 0 saturated heterocycles. The highest BCUT2D eigenvalue weighted by Crippen LogP contribution is 2.29. The Morgan fingerprint density at radius 3 is 2.60 bits per heavy atom. The van der Waals surface area contributed by atoms with Crippen molar-refractivity contribution in [3.63, 3.8) is 0 Å². The predicted molar refractivity (Wildman–Crippen MR) is 97.1 cm³/mol. The molecule has 0 saturated carbocycles. The van der Waals surface area contributed by atoms with Gasteiger partial charge in [0.25, 0.3) is 11.1 Å². The summed E-state index contributed by atoms with van der Waals surface area (Å²) >= 11 is 13.0. The second-order valence-corrected chi connectivity index (χ2v) is 7.34. The number of nitrogens with one attached hydrogen (secondary N) is 1. The summed E-state index contributed by atoms with van der Waals surface area (Å²) in [5.41, 5.74) is 1.25. The van der Waals surface area contributed by atoms with Crippen LogP contribution in [0.15, 0.2) is 44.6 Å². The fourth-order valence-electron chi connectivity index (χ4n) is 2.05. The normalized spacial score (nSPS) is 12.2. The van der Waals surface area contributed by atoms with Crippen LogP contribution in [0.4, 0.5) is 5.69 Å². The summed E-state index contributed by atoms with van der Waals surface area (Å²) in [5.74, 6) is 0.800. The van der Waals surface area contributed by atoms with E-state index >= 15 is 0 Å². The van der Waals surface area contributed by atoms with Gasteiger partial charge in [0.05, 0.1) is 17.1 Å². The SMILES string of the molecule is Cc1occc1-c1nnc(S[C@H](C)C(=O)Nc2cc(Cl)cc(Cl)c2)o1. The standard InChI is InChI=1S/C16H13Cl2N3O3S/c1-8-13(3-4-23-8)15-20-21-16(24-15)25-9(2)14(22)19-12-6-10(17)5-11(18)7-12/h3-7,9H,1-2H3,(H,19,22)/t9-/m1/s1. The molecular weight excluding hydrogens is 385 g/mol. The van der Waals surface area contributed by atoms with Crippen molar-refractivity contribution in [2.45, 2.75) is 24.3 Å². The zero-order valence-electron chi connectivity index (χ0n) is 13.2. The first-order valence-corrected chi connectivity index (χ1v) is 8.87. The van der Waals surface area contributed by atoms with Crippen LogP contribution in [0.1, 0.15) is 12.7 Å². The number of thioether (sulfide) groups is 1. The highest BCUT2D eigenvalue weighted by atomic mass is 35.5. The van der Waals surface area contributed by atoms with E-state index in [1.54, 1.807) is 44.4 Å². The highest BCUT2D eigenvalue weighted by molar-refractivity contribution is 8.00. The number of aromatic nitrogens is 2. The number of rotatable bonds is 5. The van der Waals surface area contributed by atoms with Crippen LogP contribution in [0.3, 0.4) is 0 Å². The highest BCUT2D eigenvalue weighted by Gasteiger charge is 2.20. The van der Waals surface area contributed by atoms with Crippen LogP contribution >= 0.6 is 35.0 Å². The second kappa shape index (κ2) is 7.51. The number of hydrogen-bond acceptors (Lipinski definition) is 6. The first-order valence-electron chi connectivity index (χ1n) is 7.24. The van der Waals surface area contributed by atoms with Gasteiger partial charge in [-0.1, -0.05) is 35.0 Å². The molecule has 1 aromatic carbocycles. The van der Waals surface area contributed by atoms with Crippen LogP contribution in [0, 0.1) is 6.92 Å². The summed E-state index contributed by atoms with van der Waals surface area (Å²) in [6.07, 6.45) is 1.55. The van der Waals surface area contributed by atoms with Crippen LogP contribution in [0.5, 0.6) is 0 Å². The lowest BCUT2D eigenvalue weighted by molar-refractivity contribution is -0.115. The summed E-state index contributed by atoms with van der Waals surface area (Å²) in [6.45, 7) is 3.54. The van der Waals surface area contributed by atoms with Gasteiger partial charge in [0.15, 0.2) is 0 Å². The Hall–Kier alpha value is -1.96. The van der Waals surface area contributed by atoms with Crippen molar-refractivity contribution in [3.8, 4) is 11.5 Å². The number of anilines is 1. The lowest BCUT2D eigenvalue weighted by atomic mass is 10.3. The molecule has 1 amide bonds. The molecule has 1 atom stereocenters. The number of carbonyl (C=O) groups excluding carboxylic acids is 1. The fraction of sp³-hybridized carbons (Fsp3) is 0.188. The molecule has 25 heavy (non-hydrogen) atoms. The minimum Gasteiger partial charge on any atom is -0.469 e. The van der Waals surface area contributed by atoms with Crippen LogP contribution in [0.2, 0.25) is 10.0 Å². The average molecular weight is 398 g/mol. The Balaban J connectivity index is 1.65. The minimum absolute atomic E-state index is 0.234. The molecule has 0 fully saturated rings. The number of amides is 1. The Kier molecular flexibility index (Phi) is 5.36. The third-order valence-electron chi connectivity index (χ3n) is 3.27. The van der Waals surface area contributed by atoms with Gasteiger partial charge >= 0.3 is 0 Å². The summed E-state index contributed by atoms with van der Waals surface area (Å²) in [5, 5.41) is 11.4. The van der Waals surface area contributed by atoms with E-state index in [1.807, 2.05) is 0 Å². The molecule has 1 N–H and O–H groups in total. The largest absolute Gasteiger partial charge is 0.469 e.